The van der Waals surface area contributed by atoms with Crippen molar-refractivity contribution in [3.63, 3.8) is 0 Å². The number of aryl methyl sites for hydroxylation is 1. The molecular weight excluding hydrogens is 300 g/mol. The normalized spacial score (nSPS) is 28.0. The molecule has 2 saturated carbocycles. The fourth-order valence-electron chi connectivity index (χ4n) is 4.54. The van der Waals surface area contributed by atoms with Crippen molar-refractivity contribution in [2.24, 2.45) is 24.8 Å². The molecule has 4 rings (SSSR count). The van der Waals surface area contributed by atoms with Crippen LogP contribution in [0.15, 0.2) is 12.4 Å². The molecule has 5 heteroatoms. The van der Waals surface area contributed by atoms with E-state index in [2.05, 4.69) is 21.8 Å². The van der Waals surface area contributed by atoms with Crippen LogP contribution in [0.25, 0.3) is 0 Å². The average Bonchev–Trinajstić information content (AvgIpc) is 3.49. The van der Waals surface area contributed by atoms with Gasteiger partial charge < -0.3 is 14.8 Å². The van der Waals surface area contributed by atoms with Gasteiger partial charge in [0.1, 0.15) is 5.82 Å². The first-order valence-electron chi connectivity index (χ1n) is 9.69. The number of hydrogen-bond acceptors (Lipinski definition) is 3. The molecule has 0 bridgehead atoms. The van der Waals surface area contributed by atoms with Gasteiger partial charge in [-0.1, -0.05) is 0 Å². The van der Waals surface area contributed by atoms with E-state index in [9.17, 15) is 4.79 Å². The molecule has 1 amide bonds. The molecule has 5 nitrogen and oxygen atoms in total. The molecule has 3 fully saturated rings. The predicted molar refractivity (Wildman–Crippen MR) is 93.3 cm³/mol. The minimum absolute atomic E-state index is 0.114. The molecule has 0 aromatic carbocycles. The highest BCUT2D eigenvalue weighted by Crippen LogP contribution is 2.45. The van der Waals surface area contributed by atoms with Gasteiger partial charge in [0.25, 0.3) is 0 Å². The van der Waals surface area contributed by atoms with Crippen LogP contribution >= 0.6 is 0 Å². The van der Waals surface area contributed by atoms with Crippen LogP contribution in [0.1, 0.15) is 57.3 Å². The number of nitrogens with one attached hydrogen (secondary N) is 1. The third-order valence-corrected chi connectivity index (χ3v) is 6.17. The first kappa shape index (κ1) is 16.1. The van der Waals surface area contributed by atoms with E-state index >= 15 is 0 Å². The first-order chi connectivity index (χ1) is 11.7. The molecule has 1 aliphatic heterocycles. The van der Waals surface area contributed by atoms with E-state index in [0.717, 1.165) is 43.2 Å². The molecule has 2 aliphatic carbocycles. The maximum absolute atomic E-state index is 12.4. The maximum atomic E-state index is 12.4. The number of amides is 1. The second-order valence-corrected chi connectivity index (χ2v) is 7.93. The standard InChI is InChI=1S/C19H30N4O/c1-3-23-16(24)9-8-15(18(23)19-20-10-11-22(19)2)12-21-17(13-4-5-13)14-6-7-14/h10-11,13-15,17-18,21H,3-9,12H2,1-2H3/t15-,18+/m1/s1. The summed E-state index contributed by atoms with van der Waals surface area (Å²) in [5.74, 6) is 3.60. The van der Waals surface area contributed by atoms with Gasteiger partial charge in [0.2, 0.25) is 5.91 Å². The summed E-state index contributed by atoms with van der Waals surface area (Å²) in [5.41, 5.74) is 0. The third-order valence-electron chi connectivity index (χ3n) is 6.17. The van der Waals surface area contributed by atoms with E-state index in [0.29, 0.717) is 12.3 Å². The lowest BCUT2D eigenvalue weighted by Crippen LogP contribution is -2.48. The molecule has 0 spiro atoms. The van der Waals surface area contributed by atoms with Crippen LogP contribution in [0.4, 0.5) is 0 Å². The monoisotopic (exact) mass is 330 g/mol. The molecular formula is C19H30N4O. The molecule has 24 heavy (non-hydrogen) atoms. The molecule has 1 aromatic rings. The second kappa shape index (κ2) is 6.51. The van der Waals surface area contributed by atoms with Crippen LogP contribution < -0.4 is 5.32 Å². The van der Waals surface area contributed by atoms with Crippen LogP contribution in [-0.4, -0.2) is 39.5 Å². The van der Waals surface area contributed by atoms with Crippen molar-refractivity contribution in [2.45, 2.75) is 57.5 Å². The Balaban J connectivity index is 1.50. The smallest absolute Gasteiger partial charge is 0.223 e. The van der Waals surface area contributed by atoms with Crippen molar-refractivity contribution >= 4 is 5.91 Å². The number of imidazole rings is 1. The van der Waals surface area contributed by atoms with Gasteiger partial charge in [-0.3, -0.25) is 4.79 Å². The number of carbonyl (C=O) groups is 1. The summed E-state index contributed by atoms with van der Waals surface area (Å²) in [4.78, 5) is 19.1. The van der Waals surface area contributed by atoms with Crippen molar-refractivity contribution in [3.05, 3.63) is 18.2 Å². The number of carbonyl (C=O) groups excluding carboxylic acids is 1. The fourth-order valence-corrected chi connectivity index (χ4v) is 4.54. The van der Waals surface area contributed by atoms with Gasteiger partial charge in [0.05, 0.1) is 6.04 Å². The lowest BCUT2D eigenvalue weighted by Gasteiger charge is -2.41. The summed E-state index contributed by atoms with van der Waals surface area (Å²) < 4.78 is 2.08. The minimum Gasteiger partial charge on any atom is -0.336 e. The zero-order valence-electron chi connectivity index (χ0n) is 14.9. The number of rotatable bonds is 7. The molecule has 2 atom stereocenters. The number of nitrogens with zero attached hydrogens (tertiary/aromatic N) is 3. The Hall–Kier alpha value is -1.36. The lowest BCUT2D eigenvalue weighted by atomic mass is 9.87. The number of piperidine rings is 1. The summed E-state index contributed by atoms with van der Waals surface area (Å²) in [6, 6.07) is 0.836. The van der Waals surface area contributed by atoms with Crippen LogP contribution in [-0.2, 0) is 11.8 Å². The molecule has 3 aliphatic rings. The molecule has 2 heterocycles. The lowest BCUT2D eigenvalue weighted by molar-refractivity contribution is -0.139. The zero-order chi connectivity index (χ0) is 16.7. The Kier molecular flexibility index (Phi) is 4.37. The Labute approximate surface area is 144 Å². The summed E-state index contributed by atoms with van der Waals surface area (Å²) in [6.45, 7) is 3.86. The van der Waals surface area contributed by atoms with E-state index in [4.69, 9.17) is 0 Å². The van der Waals surface area contributed by atoms with Gasteiger partial charge in [-0.25, -0.2) is 4.98 Å². The Bertz CT molecular complexity index is 578. The molecule has 1 saturated heterocycles. The zero-order valence-corrected chi connectivity index (χ0v) is 14.9. The fraction of sp³-hybridized carbons (Fsp3) is 0.789. The van der Waals surface area contributed by atoms with Crippen molar-refractivity contribution in [3.8, 4) is 0 Å². The highest BCUT2D eigenvalue weighted by Gasteiger charge is 2.43. The minimum atomic E-state index is 0.114. The van der Waals surface area contributed by atoms with Crippen LogP contribution in [0.2, 0.25) is 0 Å². The van der Waals surface area contributed by atoms with E-state index in [-0.39, 0.29) is 11.9 Å². The number of likely N-dealkylation sites (tertiary alicyclic amines) is 1. The number of aromatic nitrogens is 2. The Morgan fingerprint density at radius 2 is 1.96 bits per heavy atom. The average molecular weight is 330 g/mol. The Morgan fingerprint density at radius 1 is 1.25 bits per heavy atom. The summed E-state index contributed by atoms with van der Waals surface area (Å²) in [5, 5.41) is 3.91. The Morgan fingerprint density at radius 3 is 2.50 bits per heavy atom. The highest BCUT2D eigenvalue weighted by molar-refractivity contribution is 5.77. The van der Waals surface area contributed by atoms with Crippen molar-refractivity contribution in [1.82, 2.24) is 19.8 Å². The predicted octanol–water partition coefficient (Wildman–Crippen LogP) is 2.50. The summed E-state index contributed by atoms with van der Waals surface area (Å²) >= 11 is 0. The van der Waals surface area contributed by atoms with Gasteiger partial charge in [-0.05, 0) is 56.8 Å². The molecule has 132 valence electrons. The largest absolute Gasteiger partial charge is 0.336 e. The van der Waals surface area contributed by atoms with Gasteiger partial charge in [-0.2, -0.15) is 0 Å². The van der Waals surface area contributed by atoms with E-state index in [1.54, 1.807) is 0 Å². The van der Waals surface area contributed by atoms with Crippen LogP contribution in [0, 0.1) is 17.8 Å². The molecule has 1 N–H and O–H groups in total. The van der Waals surface area contributed by atoms with Gasteiger partial charge in [-0.15, -0.1) is 0 Å². The summed E-state index contributed by atoms with van der Waals surface area (Å²) in [7, 11) is 2.04. The maximum Gasteiger partial charge on any atom is 0.223 e. The van der Waals surface area contributed by atoms with Crippen molar-refractivity contribution in [2.75, 3.05) is 13.1 Å². The van der Waals surface area contributed by atoms with Gasteiger partial charge in [0.15, 0.2) is 0 Å². The molecule has 0 unspecified atom stereocenters. The van der Waals surface area contributed by atoms with Gasteiger partial charge in [0, 0.05) is 45.0 Å². The second-order valence-electron chi connectivity index (χ2n) is 7.93. The van der Waals surface area contributed by atoms with E-state index in [1.165, 1.54) is 25.7 Å². The van der Waals surface area contributed by atoms with E-state index < -0.39 is 0 Å². The summed E-state index contributed by atoms with van der Waals surface area (Å²) in [6.07, 6.45) is 11.1. The number of hydrogen-bond donors (Lipinski definition) is 1. The van der Waals surface area contributed by atoms with Crippen molar-refractivity contribution < 1.29 is 4.79 Å². The molecule has 0 radical (unpaired) electrons. The third kappa shape index (κ3) is 3.10. The SMILES string of the molecule is CCN1C(=O)CC[C@H](CNC(C2CC2)C2CC2)[C@H]1c1nccn1C. The first-order valence-corrected chi connectivity index (χ1v) is 9.69. The van der Waals surface area contributed by atoms with Crippen molar-refractivity contribution in [1.29, 1.82) is 0 Å². The quantitative estimate of drug-likeness (QED) is 0.836. The van der Waals surface area contributed by atoms with E-state index in [1.807, 2.05) is 24.3 Å². The highest BCUT2D eigenvalue weighted by atomic mass is 16.2. The molecule has 1 aromatic heterocycles. The van der Waals surface area contributed by atoms with Crippen LogP contribution in [0.5, 0.6) is 0 Å². The topological polar surface area (TPSA) is 50.2 Å². The van der Waals surface area contributed by atoms with Gasteiger partial charge >= 0.3 is 0 Å². The van der Waals surface area contributed by atoms with Crippen LogP contribution in [0.3, 0.4) is 0 Å².